The standard InChI is InChI=1S/C24H31Cl2N5O5S/c1-24(2,3)36-23(33)30-14(12-34-4)7-6-10-35-17-9-8-15(25)19(26)18(17)20(32)16-11-27-21-22(37-5)28-13-29-31(16)21/h8-9,11,13-14,20,32H,6-7,10,12H2,1-5H3,(H,30,33)/t14-,20?/m1/s1. The Kier molecular flexibility index (Phi) is 10.3. The monoisotopic (exact) mass is 571 g/mol. The average molecular weight is 573 g/mol. The summed E-state index contributed by atoms with van der Waals surface area (Å²) in [7, 11) is 1.57. The zero-order chi connectivity index (χ0) is 27.2. The Morgan fingerprint density at radius 1 is 1.27 bits per heavy atom. The van der Waals surface area contributed by atoms with Crippen molar-refractivity contribution in [3.63, 3.8) is 0 Å². The fraction of sp³-hybridized carbons (Fsp3) is 0.500. The summed E-state index contributed by atoms with van der Waals surface area (Å²) >= 11 is 14.2. The number of imidazole rings is 1. The molecule has 0 spiro atoms. The van der Waals surface area contributed by atoms with Crippen molar-refractivity contribution in [1.29, 1.82) is 0 Å². The molecule has 0 fully saturated rings. The number of nitrogens with one attached hydrogen (secondary N) is 1. The Morgan fingerprint density at radius 2 is 2.03 bits per heavy atom. The Labute approximate surface area is 230 Å². The number of amides is 1. The lowest BCUT2D eigenvalue weighted by atomic mass is 10.1. The maximum atomic E-state index is 12.1. The van der Waals surface area contributed by atoms with Gasteiger partial charge in [0, 0.05) is 12.7 Å². The highest BCUT2D eigenvalue weighted by molar-refractivity contribution is 7.98. The smallest absolute Gasteiger partial charge is 0.407 e. The molecule has 0 aliphatic carbocycles. The van der Waals surface area contributed by atoms with Gasteiger partial charge in [-0.25, -0.2) is 19.3 Å². The zero-order valence-electron chi connectivity index (χ0n) is 21.3. The van der Waals surface area contributed by atoms with Gasteiger partial charge in [0.05, 0.1) is 41.2 Å². The Bertz CT molecular complexity index is 1220. The summed E-state index contributed by atoms with van der Waals surface area (Å²) < 4.78 is 18.1. The summed E-state index contributed by atoms with van der Waals surface area (Å²) in [5, 5.41) is 19.5. The van der Waals surface area contributed by atoms with E-state index in [1.165, 1.54) is 28.8 Å². The van der Waals surface area contributed by atoms with Crippen LogP contribution in [0.4, 0.5) is 4.79 Å². The second-order valence-electron chi connectivity index (χ2n) is 9.15. The van der Waals surface area contributed by atoms with Gasteiger partial charge in [-0.15, -0.1) is 11.8 Å². The van der Waals surface area contributed by atoms with E-state index in [0.29, 0.717) is 53.7 Å². The second-order valence-corrected chi connectivity index (χ2v) is 10.7. The molecule has 0 radical (unpaired) electrons. The first kappa shape index (κ1) is 29.2. The van der Waals surface area contributed by atoms with Crippen LogP contribution in [0.25, 0.3) is 5.65 Å². The van der Waals surface area contributed by atoms with Gasteiger partial charge in [0.1, 0.15) is 28.8 Å². The molecule has 1 amide bonds. The van der Waals surface area contributed by atoms with Crippen LogP contribution >= 0.6 is 35.0 Å². The van der Waals surface area contributed by atoms with Crippen LogP contribution in [0.5, 0.6) is 5.75 Å². The van der Waals surface area contributed by atoms with E-state index < -0.39 is 17.8 Å². The van der Waals surface area contributed by atoms with Gasteiger partial charge < -0.3 is 24.6 Å². The minimum absolute atomic E-state index is 0.171. The SMILES string of the molecule is COC[C@@H](CCCOc1ccc(Cl)c(Cl)c1C(O)c1cnc2c(SC)ncnn12)NC(=O)OC(C)(C)C. The predicted octanol–water partition coefficient (Wildman–Crippen LogP) is 4.93. The summed E-state index contributed by atoms with van der Waals surface area (Å²) in [6.45, 7) is 6.02. The molecule has 0 aliphatic rings. The summed E-state index contributed by atoms with van der Waals surface area (Å²) in [6, 6.07) is 3.00. The van der Waals surface area contributed by atoms with Crippen molar-refractivity contribution in [3.05, 3.63) is 46.0 Å². The lowest BCUT2D eigenvalue weighted by Gasteiger charge is -2.23. The number of aliphatic hydroxyl groups excluding tert-OH is 1. The number of thioether (sulfide) groups is 1. The van der Waals surface area contributed by atoms with Crippen LogP contribution in [0.1, 0.15) is 51.0 Å². The number of hydrogen-bond donors (Lipinski definition) is 2. The number of ether oxygens (including phenoxy) is 3. The quantitative estimate of drug-likeness (QED) is 0.243. The van der Waals surface area contributed by atoms with Crippen molar-refractivity contribution in [2.45, 2.75) is 56.4 Å². The third kappa shape index (κ3) is 7.61. The van der Waals surface area contributed by atoms with Gasteiger partial charge in [-0.3, -0.25) is 0 Å². The molecular weight excluding hydrogens is 541 g/mol. The van der Waals surface area contributed by atoms with Gasteiger partial charge >= 0.3 is 6.09 Å². The highest BCUT2D eigenvalue weighted by Crippen LogP contribution is 2.40. The van der Waals surface area contributed by atoms with Gasteiger partial charge in [0.15, 0.2) is 5.65 Å². The fourth-order valence-corrected chi connectivity index (χ4v) is 4.50. The van der Waals surface area contributed by atoms with Gasteiger partial charge in [-0.05, 0) is 52.0 Å². The lowest BCUT2D eigenvalue weighted by Crippen LogP contribution is -2.41. The molecule has 37 heavy (non-hydrogen) atoms. The molecule has 1 unspecified atom stereocenters. The number of fused-ring (bicyclic) bond motifs is 1. The summed E-state index contributed by atoms with van der Waals surface area (Å²) in [5.74, 6) is 0.374. The molecule has 0 aliphatic heterocycles. The highest BCUT2D eigenvalue weighted by Gasteiger charge is 2.26. The molecule has 10 nitrogen and oxygen atoms in total. The summed E-state index contributed by atoms with van der Waals surface area (Å²) in [6.07, 6.45) is 4.24. The zero-order valence-corrected chi connectivity index (χ0v) is 23.7. The van der Waals surface area contributed by atoms with Crippen molar-refractivity contribution < 1.29 is 24.1 Å². The van der Waals surface area contributed by atoms with Gasteiger partial charge in [0.2, 0.25) is 0 Å². The third-order valence-corrected chi connectivity index (χ3v) is 6.67. The van der Waals surface area contributed by atoms with Gasteiger partial charge in [0.25, 0.3) is 0 Å². The van der Waals surface area contributed by atoms with Crippen LogP contribution < -0.4 is 10.1 Å². The molecule has 2 N–H and O–H groups in total. The van der Waals surface area contributed by atoms with Crippen molar-refractivity contribution in [2.75, 3.05) is 26.6 Å². The minimum atomic E-state index is -1.21. The van der Waals surface area contributed by atoms with Gasteiger partial charge in [-0.1, -0.05) is 23.2 Å². The molecule has 202 valence electrons. The number of methoxy groups -OCH3 is 1. The number of benzene rings is 1. The number of halogens is 2. The van der Waals surface area contributed by atoms with Crippen LogP contribution in [0.15, 0.2) is 29.7 Å². The number of alkyl carbamates (subject to hydrolysis) is 1. The number of carbonyl (C=O) groups is 1. The summed E-state index contributed by atoms with van der Waals surface area (Å²) in [4.78, 5) is 20.7. The van der Waals surface area contributed by atoms with E-state index in [1.54, 1.807) is 40.0 Å². The number of carbonyl (C=O) groups excluding carboxylic acids is 1. The molecule has 0 saturated heterocycles. The molecule has 1 aromatic carbocycles. The molecule has 3 aromatic rings. The number of hydrogen-bond acceptors (Lipinski definition) is 9. The van der Waals surface area contributed by atoms with Gasteiger partial charge in [-0.2, -0.15) is 5.10 Å². The molecule has 2 atom stereocenters. The van der Waals surface area contributed by atoms with E-state index in [9.17, 15) is 9.90 Å². The second kappa shape index (κ2) is 13.0. The third-order valence-electron chi connectivity index (χ3n) is 5.18. The van der Waals surface area contributed by atoms with Crippen LogP contribution in [-0.2, 0) is 9.47 Å². The summed E-state index contributed by atoms with van der Waals surface area (Å²) in [5.41, 5.74) is 0.620. The van der Waals surface area contributed by atoms with E-state index in [0.717, 1.165) is 0 Å². The minimum Gasteiger partial charge on any atom is -0.493 e. The number of rotatable bonds is 11. The maximum Gasteiger partial charge on any atom is 0.407 e. The van der Waals surface area contributed by atoms with E-state index >= 15 is 0 Å². The van der Waals surface area contributed by atoms with E-state index in [1.807, 2.05) is 6.26 Å². The maximum absolute atomic E-state index is 12.1. The van der Waals surface area contributed by atoms with E-state index in [4.69, 9.17) is 37.4 Å². The largest absolute Gasteiger partial charge is 0.493 e. The number of nitrogens with zero attached hydrogens (tertiary/aromatic N) is 4. The van der Waals surface area contributed by atoms with Crippen LogP contribution in [0.3, 0.4) is 0 Å². The normalized spacial score (nSPS) is 13.4. The molecule has 2 aromatic heterocycles. The Balaban J connectivity index is 1.73. The van der Waals surface area contributed by atoms with Crippen molar-refractivity contribution in [1.82, 2.24) is 24.9 Å². The first-order chi connectivity index (χ1) is 17.6. The lowest BCUT2D eigenvalue weighted by molar-refractivity contribution is 0.0461. The van der Waals surface area contributed by atoms with Crippen molar-refractivity contribution in [2.24, 2.45) is 0 Å². The van der Waals surface area contributed by atoms with E-state index in [2.05, 4.69) is 20.4 Å². The molecule has 0 saturated carbocycles. The predicted molar refractivity (Wildman–Crippen MR) is 143 cm³/mol. The van der Waals surface area contributed by atoms with Crippen LogP contribution in [0, 0.1) is 0 Å². The average Bonchev–Trinajstić information content (AvgIpc) is 3.27. The van der Waals surface area contributed by atoms with Crippen molar-refractivity contribution in [3.8, 4) is 5.75 Å². The van der Waals surface area contributed by atoms with Crippen LogP contribution in [0.2, 0.25) is 10.0 Å². The first-order valence-electron chi connectivity index (χ1n) is 11.6. The molecule has 2 heterocycles. The topological polar surface area (TPSA) is 120 Å². The Morgan fingerprint density at radius 3 is 2.70 bits per heavy atom. The molecular formula is C24H31Cl2N5O5S. The molecule has 0 bridgehead atoms. The molecule has 13 heteroatoms. The number of aliphatic hydroxyl groups is 1. The highest BCUT2D eigenvalue weighted by atomic mass is 35.5. The van der Waals surface area contributed by atoms with E-state index in [-0.39, 0.29) is 16.1 Å². The fourth-order valence-electron chi connectivity index (χ4n) is 3.61. The first-order valence-corrected chi connectivity index (χ1v) is 13.5. The number of aromatic nitrogens is 4. The Hall–Kier alpha value is -2.31. The van der Waals surface area contributed by atoms with Crippen LogP contribution in [-0.4, -0.2) is 69.0 Å². The molecule has 3 rings (SSSR count). The van der Waals surface area contributed by atoms with Crippen molar-refractivity contribution >= 4 is 46.7 Å².